The molecule has 0 aliphatic heterocycles. The summed E-state index contributed by atoms with van der Waals surface area (Å²) in [6, 6.07) is 9.67. The van der Waals surface area contributed by atoms with Crippen LogP contribution in [0, 0.1) is 0 Å². The Morgan fingerprint density at radius 3 is 2.30 bits per heavy atom. The van der Waals surface area contributed by atoms with E-state index in [0.717, 1.165) is 5.56 Å². The van der Waals surface area contributed by atoms with E-state index in [9.17, 15) is 13.5 Å². The van der Waals surface area contributed by atoms with Crippen molar-refractivity contribution < 1.29 is 13.5 Å². The van der Waals surface area contributed by atoms with E-state index in [1.807, 2.05) is 0 Å². The molecule has 0 aliphatic rings. The quantitative estimate of drug-likeness (QED) is 0.877. The highest BCUT2D eigenvalue weighted by atomic mass is 32.2. The first kappa shape index (κ1) is 14.6. The number of aliphatic hydroxyl groups excluding tert-OH is 1. The van der Waals surface area contributed by atoms with E-state index < -0.39 is 16.1 Å². The molecule has 0 amide bonds. The van der Waals surface area contributed by atoms with Crippen molar-refractivity contribution in [2.45, 2.75) is 24.5 Å². The van der Waals surface area contributed by atoms with Gasteiger partial charge in [0.1, 0.15) is 0 Å². The number of benzene rings is 1. The Morgan fingerprint density at radius 2 is 1.75 bits per heavy atom. The maximum absolute atomic E-state index is 12.1. The molecular weight excluding hydrogens is 276 g/mol. The largest absolute Gasteiger partial charge is 0.389 e. The van der Waals surface area contributed by atoms with Crippen LogP contribution in [0.2, 0.25) is 0 Å². The van der Waals surface area contributed by atoms with Crippen LogP contribution >= 0.6 is 0 Å². The average Bonchev–Trinajstić information content (AvgIpc) is 2.46. The van der Waals surface area contributed by atoms with Crippen LogP contribution in [-0.4, -0.2) is 18.5 Å². The van der Waals surface area contributed by atoms with Crippen LogP contribution in [0.15, 0.2) is 53.7 Å². The Morgan fingerprint density at radius 1 is 1.15 bits per heavy atom. The second kappa shape index (κ2) is 6.13. The molecule has 2 rings (SSSR count). The summed E-state index contributed by atoms with van der Waals surface area (Å²) in [5.74, 6) is 0. The molecule has 106 valence electrons. The summed E-state index contributed by atoms with van der Waals surface area (Å²) < 4.78 is 26.7. The molecule has 1 aromatic heterocycles. The zero-order valence-corrected chi connectivity index (χ0v) is 11.8. The van der Waals surface area contributed by atoms with Crippen LogP contribution in [0.1, 0.15) is 24.2 Å². The summed E-state index contributed by atoms with van der Waals surface area (Å²) in [4.78, 5) is 4.05. The van der Waals surface area contributed by atoms with E-state index in [-0.39, 0.29) is 11.4 Å². The molecule has 1 atom stereocenters. The number of hydrogen-bond donors (Lipinski definition) is 2. The standard InChI is InChI=1S/C14H16N2O3S/c1-11(17)13-2-4-14(5-3-13)20(18,19)16-10-12-6-8-15-9-7-12/h2-9,11,16-17H,10H2,1H3. The lowest BCUT2D eigenvalue weighted by atomic mass is 10.1. The molecule has 6 heteroatoms. The summed E-state index contributed by atoms with van der Waals surface area (Å²) >= 11 is 0. The SMILES string of the molecule is CC(O)c1ccc(S(=O)(=O)NCc2ccncc2)cc1. The third kappa shape index (κ3) is 3.63. The fourth-order valence-corrected chi connectivity index (χ4v) is 2.71. The number of sulfonamides is 1. The average molecular weight is 292 g/mol. The Kier molecular flexibility index (Phi) is 4.49. The zero-order chi connectivity index (χ0) is 14.6. The smallest absolute Gasteiger partial charge is 0.240 e. The number of rotatable bonds is 5. The number of aromatic nitrogens is 1. The number of hydrogen-bond acceptors (Lipinski definition) is 4. The molecule has 1 heterocycles. The molecule has 1 aromatic carbocycles. The van der Waals surface area contributed by atoms with Gasteiger partial charge in [-0.15, -0.1) is 0 Å². The highest BCUT2D eigenvalue weighted by Gasteiger charge is 2.13. The molecule has 2 aromatic rings. The molecular formula is C14H16N2O3S. The third-order valence-electron chi connectivity index (χ3n) is 2.89. The minimum absolute atomic E-state index is 0.177. The molecule has 0 aliphatic carbocycles. The van der Waals surface area contributed by atoms with Crippen molar-refractivity contribution in [1.29, 1.82) is 0 Å². The van der Waals surface area contributed by atoms with Gasteiger partial charge in [0.2, 0.25) is 10.0 Å². The highest BCUT2D eigenvalue weighted by molar-refractivity contribution is 7.89. The van der Waals surface area contributed by atoms with E-state index in [1.165, 1.54) is 12.1 Å². The predicted octanol–water partition coefficient (Wildman–Crippen LogP) is 1.61. The van der Waals surface area contributed by atoms with Gasteiger partial charge in [-0.3, -0.25) is 4.98 Å². The Labute approximate surface area is 118 Å². The lowest BCUT2D eigenvalue weighted by Crippen LogP contribution is -2.23. The summed E-state index contributed by atoms with van der Waals surface area (Å²) in [6.45, 7) is 1.84. The summed E-state index contributed by atoms with van der Waals surface area (Å²) in [7, 11) is -3.55. The van der Waals surface area contributed by atoms with Crippen molar-refractivity contribution >= 4 is 10.0 Å². The van der Waals surface area contributed by atoms with Crippen LogP contribution in [0.4, 0.5) is 0 Å². The molecule has 0 saturated carbocycles. The van der Waals surface area contributed by atoms with Gasteiger partial charge in [-0.05, 0) is 42.3 Å². The van der Waals surface area contributed by atoms with E-state index in [0.29, 0.717) is 5.56 Å². The lowest BCUT2D eigenvalue weighted by Gasteiger charge is -2.09. The maximum atomic E-state index is 12.1. The van der Waals surface area contributed by atoms with Crippen molar-refractivity contribution in [2.24, 2.45) is 0 Å². The molecule has 0 spiro atoms. The van der Waals surface area contributed by atoms with Gasteiger partial charge in [0.05, 0.1) is 11.0 Å². The maximum Gasteiger partial charge on any atom is 0.240 e. The summed E-state index contributed by atoms with van der Waals surface area (Å²) in [6.07, 6.45) is 2.61. The molecule has 0 radical (unpaired) electrons. The number of nitrogens with one attached hydrogen (secondary N) is 1. The monoisotopic (exact) mass is 292 g/mol. The zero-order valence-electron chi connectivity index (χ0n) is 11.0. The number of pyridine rings is 1. The topological polar surface area (TPSA) is 79.3 Å². The minimum Gasteiger partial charge on any atom is -0.389 e. The van der Waals surface area contributed by atoms with Crippen molar-refractivity contribution in [3.63, 3.8) is 0 Å². The van der Waals surface area contributed by atoms with Gasteiger partial charge >= 0.3 is 0 Å². The van der Waals surface area contributed by atoms with Gasteiger partial charge in [-0.1, -0.05) is 12.1 Å². The van der Waals surface area contributed by atoms with Gasteiger partial charge < -0.3 is 5.11 Å². The first-order valence-corrected chi connectivity index (χ1v) is 7.64. The fourth-order valence-electron chi connectivity index (χ4n) is 1.69. The van der Waals surface area contributed by atoms with Gasteiger partial charge in [0.25, 0.3) is 0 Å². The second-order valence-corrected chi connectivity index (χ2v) is 6.19. The molecule has 0 saturated heterocycles. The van der Waals surface area contributed by atoms with E-state index in [1.54, 1.807) is 43.6 Å². The minimum atomic E-state index is -3.55. The third-order valence-corrected chi connectivity index (χ3v) is 4.31. The first-order valence-electron chi connectivity index (χ1n) is 6.15. The number of aliphatic hydroxyl groups is 1. The second-order valence-electron chi connectivity index (χ2n) is 4.43. The summed E-state index contributed by atoms with van der Waals surface area (Å²) in [5, 5.41) is 9.40. The van der Waals surface area contributed by atoms with Crippen LogP contribution in [0.5, 0.6) is 0 Å². The highest BCUT2D eigenvalue weighted by Crippen LogP contribution is 2.16. The lowest BCUT2D eigenvalue weighted by molar-refractivity contribution is 0.199. The van der Waals surface area contributed by atoms with Crippen LogP contribution < -0.4 is 4.72 Å². The van der Waals surface area contributed by atoms with Gasteiger partial charge in [-0.2, -0.15) is 0 Å². The van der Waals surface area contributed by atoms with Crippen molar-refractivity contribution in [1.82, 2.24) is 9.71 Å². The van der Waals surface area contributed by atoms with Crippen LogP contribution in [-0.2, 0) is 16.6 Å². The van der Waals surface area contributed by atoms with Gasteiger partial charge in [0, 0.05) is 18.9 Å². The predicted molar refractivity (Wildman–Crippen MR) is 75.3 cm³/mol. The molecule has 0 fully saturated rings. The van der Waals surface area contributed by atoms with Crippen molar-refractivity contribution in [2.75, 3.05) is 0 Å². The molecule has 5 nitrogen and oxygen atoms in total. The summed E-state index contributed by atoms with van der Waals surface area (Å²) in [5.41, 5.74) is 1.52. The van der Waals surface area contributed by atoms with E-state index in [4.69, 9.17) is 0 Å². The van der Waals surface area contributed by atoms with Gasteiger partial charge in [0.15, 0.2) is 0 Å². The molecule has 2 N–H and O–H groups in total. The van der Waals surface area contributed by atoms with Gasteiger partial charge in [-0.25, -0.2) is 13.1 Å². The normalized spacial score (nSPS) is 13.1. The Balaban J connectivity index is 2.10. The van der Waals surface area contributed by atoms with Crippen LogP contribution in [0.25, 0.3) is 0 Å². The number of nitrogens with zero attached hydrogens (tertiary/aromatic N) is 1. The Hall–Kier alpha value is -1.76. The first-order chi connectivity index (χ1) is 9.49. The van der Waals surface area contributed by atoms with E-state index in [2.05, 4.69) is 9.71 Å². The molecule has 0 bridgehead atoms. The molecule has 20 heavy (non-hydrogen) atoms. The van der Waals surface area contributed by atoms with Crippen molar-refractivity contribution in [3.05, 3.63) is 59.9 Å². The van der Waals surface area contributed by atoms with Crippen molar-refractivity contribution in [3.8, 4) is 0 Å². The molecule has 1 unspecified atom stereocenters. The van der Waals surface area contributed by atoms with E-state index >= 15 is 0 Å². The fraction of sp³-hybridized carbons (Fsp3) is 0.214. The van der Waals surface area contributed by atoms with Crippen LogP contribution in [0.3, 0.4) is 0 Å². The Bertz CT molecular complexity index is 653.